The number of aromatic nitrogens is 2. The van der Waals surface area contributed by atoms with Crippen molar-refractivity contribution in [2.45, 2.75) is 31.3 Å². The number of imidazole rings is 1. The van der Waals surface area contributed by atoms with Crippen LogP contribution in [0.3, 0.4) is 0 Å². The van der Waals surface area contributed by atoms with Crippen molar-refractivity contribution >= 4 is 5.97 Å². The first kappa shape index (κ1) is 19.2. The summed E-state index contributed by atoms with van der Waals surface area (Å²) in [6.45, 7) is 0. The molecule has 0 aliphatic heterocycles. The zero-order chi connectivity index (χ0) is 20.2. The third kappa shape index (κ3) is 4.34. The van der Waals surface area contributed by atoms with Gasteiger partial charge < -0.3 is 14.0 Å². The Labute approximate surface area is 171 Å². The highest BCUT2D eigenvalue weighted by Crippen LogP contribution is 2.51. The van der Waals surface area contributed by atoms with Gasteiger partial charge in [0.25, 0.3) is 0 Å². The van der Waals surface area contributed by atoms with Crippen LogP contribution in [0.2, 0.25) is 0 Å². The van der Waals surface area contributed by atoms with Crippen molar-refractivity contribution in [2.24, 2.45) is 13.0 Å². The van der Waals surface area contributed by atoms with E-state index in [9.17, 15) is 4.79 Å². The molecule has 1 heterocycles. The molecule has 5 nitrogen and oxygen atoms in total. The summed E-state index contributed by atoms with van der Waals surface area (Å²) in [6.07, 6.45) is 5.59. The van der Waals surface area contributed by atoms with Crippen molar-refractivity contribution in [1.29, 1.82) is 0 Å². The molecule has 5 heteroatoms. The molecule has 0 spiro atoms. The van der Waals surface area contributed by atoms with Gasteiger partial charge in [-0.15, -0.1) is 0 Å². The molecule has 0 unspecified atom stereocenters. The fraction of sp³-hybridized carbons (Fsp3) is 0.333. The van der Waals surface area contributed by atoms with E-state index < -0.39 is 0 Å². The van der Waals surface area contributed by atoms with E-state index in [1.165, 1.54) is 5.56 Å². The highest BCUT2D eigenvalue weighted by Gasteiger charge is 2.47. The average Bonchev–Trinajstić information content (AvgIpc) is 3.45. The number of nitrogens with zero attached hydrogens (tertiary/aromatic N) is 2. The molecule has 3 atom stereocenters. The van der Waals surface area contributed by atoms with Crippen LogP contribution in [-0.2, 0) is 23.0 Å². The molecule has 0 bridgehead atoms. The predicted molar refractivity (Wildman–Crippen MR) is 111 cm³/mol. The Morgan fingerprint density at radius 2 is 1.93 bits per heavy atom. The van der Waals surface area contributed by atoms with E-state index in [0.717, 1.165) is 30.0 Å². The second kappa shape index (κ2) is 8.52. The van der Waals surface area contributed by atoms with E-state index in [-0.39, 0.29) is 23.9 Å². The minimum Gasteiger partial charge on any atom is -0.496 e. The standard InChI is InChI=1S/C24H26N2O3/c1-26-15-14-25-23(26)22(13-12-17-8-4-3-5-9-17)29-24(27)20-16-19(20)18-10-6-7-11-21(18)28-2/h3-11,14-15,19-20,22H,12-13,16H2,1-2H3/t19-,20+,22-/m0/s1. The van der Waals surface area contributed by atoms with Crippen molar-refractivity contribution in [3.63, 3.8) is 0 Å². The maximum atomic E-state index is 12.9. The number of para-hydroxylation sites is 1. The highest BCUT2D eigenvalue weighted by atomic mass is 16.5. The van der Waals surface area contributed by atoms with Crippen molar-refractivity contribution in [3.8, 4) is 5.75 Å². The van der Waals surface area contributed by atoms with Crippen LogP contribution < -0.4 is 4.74 Å². The van der Waals surface area contributed by atoms with E-state index in [1.54, 1.807) is 13.3 Å². The number of esters is 1. The highest BCUT2D eigenvalue weighted by molar-refractivity contribution is 5.78. The van der Waals surface area contributed by atoms with E-state index in [2.05, 4.69) is 17.1 Å². The Hall–Kier alpha value is -3.08. The summed E-state index contributed by atoms with van der Waals surface area (Å²) in [5.41, 5.74) is 2.30. The van der Waals surface area contributed by atoms with Gasteiger partial charge in [0.2, 0.25) is 0 Å². The van der Waals surface area contributed by atoms with E-state index in [0.29, 0.717) is 6.42 Å². The van der Waals surface area contributed by atoms with E-state index in [4.69, 9.17) is 9.47 Å². The van der Waals surface area contributed by atoms with Crippen LogP contribution in [0.5, 0.6) is 5.75 Å². The summed E-state index contributed by atoms with van der Waals surface area (Å²) in [5, 5.41) is 0. The number of hydrogen-bond acceptors (Lipinski definition) is 4. The maximum absolute atomic E-state index is 12.9. The topological polar surface area (TPSA) is 53.4 Å². The SMILES string of the molecule is COc1ccccc1[C@@H]1C[C@H]1C(=O)O[C@@H](CCc1ccccc1)c1nccn1C. The molecular formula is C24H26N2O3. The Bertz CT molecular complexity index is 967. The van der Waals surface area contributed by atoms with Crippen LogP contribution in [0.4, 0.5) is 0 Å². The molecule has 0 amide bonds. The number of rotatable bonds is 8. The molecule has 0 radical (unpaired) electrons. The number of ether oxygens (including phenoxy) is 2. The van der Waals surface area contributed by atoms with Crippen LogP contribution >= 0.6 is 0 Å². The molecule has 0 saturated heterocycles. The normalized spacial score (nSPS) is 18.8. The molecule has 1 aliphatic rings. The quantitative estimate of drug-likeness (QED) is 0.533. The lowest BCUT2D eigenvalue weighted by Gasteiger charge is -2.18. The van der Waals surface area contributed by atoms with Gasteiger partial charge in [0.05, 0.1) is 13.0 Å². The zero-order valence-corrected chi connectivity index (χ0v) is 16.8. The number of aryl methyl sites for hydroxylation is 2. The van der Waals surface area contributed by atoms with Gasteiger partial charge in [-0.25, -0.2) is 4.98 Å². The molecule has 1 aromatic heterocycles. The summed E-state index contributed by atoms with van der Waals surface area (Å²) in [5.74, 6) is 1.50. The minimum absolute atomic E-state index is 0.120. The average molecular weight is 390 g/mol. The number of benzene rings is 2. The second-order valence-corrected chi connectivity index (χ2v) is 7.54. The summed E-state index contributed by atoms with van der Waals surface area (Å²) >= 11 is 0. The Morgan fingerprint density at radius 1 is 1.17 bits per heavy atom. The molecule has 1 aliphatic carbocycles. The zero-order valence-electron chi connectivity index (χ0n) is 16.8. The van der Waals surface area contributed by atoms with Gasteiger partial charge in [0.15, 0.2) is 6.10 Å². The van der Waals surface area contributed by atoms with Gasteiger partial charge >= 0.3 is 5.97 Å². The predicted octanol–water partition coefficient (Wildman–Crippen LogP) is 4.45. The Morgan fingerprint density at radius 3 is 2.66 bits per heavy atom. The van der Waals surface area contributed by atoms with Crippen molar-refractivity contribution in [3.05, 3.63) is 83.9 Å². The molecule has 29 heavy (non-hydrogen) atoms. The van der Waals surface area contributed by atoms with Gasteiger partial charge in [0, 0.05) is 25.4 Å². The fourth-order valence-electron chi connectivity index (χ4n) is 3.87. The number of carbonyl (C=O) groups excluding carboxylic acids is 1. The first-order valence-corrected chi connectivity index (χ1v) is 10.0. The second-order valence-electron chi connectivity index (χ2n) is 7.54. The summed E-state index contributed by atoms with van der Waals surface area (Å²) < 4.78 is 13.4. The van der Waals surface area contributed by atoms with Gasteiger partial charge in [-0.3, -0.25) is 4.79 Å². The lowest BCUT2D eigenvalue weighted by molar-refractivity contribution is -0.152. The van der Waals surface area contributed by atoms with Crippen LogP contribution in [0.15, 0.2) is 67.0 Å². The fourth-order valence-corrected chi connectivity index (χ4v) is 3.87. The third-order valence-corrected chi connectivity index (χ3v) is 5.57. The van der Waals surface area contributed by atoms with E-state index >= 15 is 0 Å². The van der Waals surface area contributed by atoms with Gasteiger partial charge in [-0.2, -0.15) is 0 Å². The van der Waals surface area contributed by atoms with Crippen molar-refractivity contribution < 1.29 is 14.3 Å². The third-order valence-electron chi connectivity index (χ3n) is 5.57. The summed E-state index contributed by atoms with van der Waals surface area (Å²) in [7, 11) is 3.59. The van der Waals surface area contributed by atoms with Crippen LogP contribution in [-0.4, -0.2) is 22.6 Å². The minimum atomic E-state index is -0.360. The molecule has 1 fully saturated rings. The molecule has 1 saturated carbocycles. The largest absolute Gasteiger partial charge is 0.496 e. The van der Waals surface area contributed by atoms with Gasteiger partial charge in [0.1, 0.15) is 11.6 Å². The lowest BCUT2D eigenvalue weighted by Crippen LogP contribution is -2.17. The number of carbonyl (C=O) groups is 1. The number of hydrogen-bond donors (Lipinski definition) is 0. The Kier molecular flexibility index (Phi) is 5.65. The van der Waals surface area contributed by atoms with Crippen molar-refractivity contribution in [2.75, 3.05) is 7.11 Å². The molecule has 150 valence electrons. The molecule has 3 aromatic rings. The molecule has 2 aromatic carbocycles. The molecular weight excluding hydrogens is 364 g/mol. The molecule has 4 rings (SSSR count). The van der Waals surface area contributed by atoms with Crippen LogP contribution in [0, 0.1) is 5.92 Å². The first-order valence-electron chi connectivity index (χ1n) is 10.0. The number of methoxy groups -OCH3 is 1. The van der Waals surface area contributed by atoms with Crippen molar-refractivity contribution in [1.82, 2.24) is 9.55 Å². The van der Waals surface area contributed by atoms with Crippen LogP contribution in [0.25, 0.3) is 0 Å². The summed E-state index contributed by atoms with van der Waals surface area (Å²) in [6, 6.07) is 18.1. The Balaban J connectivity index is 1.45. The van der Waals surface area contributed by atoms with Gasteiger partial charge in [-0.05, 0) is 36.5 Å². The lowest BCUT2D eigenvalue weighted by atomic mass is 10.1. The smallest absolute Gasteiger partial charge is 0.310 e. The first-order chi connectivity index (χ1) is 14.2. The van der Waals surface area contributed by atoms with Gasteiger partial charge in [-0.1, -0.05) is 48.5 Å². The monoisotopic (exact) mass is 390 g/mol. The summed E-state index contributed by atoms with van der Waals surface area (Å²) in [4.78, 5) is 17.3. The van der Waals surface area contributed by atoms with E-state index in [1.807, 2.05) is 60.3 Å². The molecule has 0 N–H and O–H groups in total. The maximum Gasteiger partial charge on any atom is 0.310 e. The van der Waals surface area contributed by atoms with Crippen LogP contribution in [0.1, 0.15) is 41.8 Å².